The Balaban J connectivity index is 4.23. The normalized spacial score (nSPS) is 11.4. The van der Waals surface area contributed by atoms with Crippen LogP contribution in [0.25, 0.3) is 5.53 Å². The van der Waals surface area contributed by atoms with E-state index in [1.165, 1.54) is 6.92 Å². The first-order chi connectivity index (χ1) is 4.59. The van der Waals surface area contributed by atoms with Crippen LogP contribution >= 0.6 is 0 Å². The fourth-order valence-electron chi connectivity index (χ4n) is 0.340. The smallest absolute Gasteiger partial charge is 0.331 e. The van der Waals surface area contributed by atoms with Crippen LogP contribution in [-0.2, 0) is 9.59 Å². The summed E-state index contributed by atoms with van der Waals surface area (Å²) in [7, 11) is 0. The molecule has 1 atom stereocenters. The number of ketones is 2. The van der Waals surface area contributed by atoms with Gasteiger partial charge in [-0.1, -0.05) is 0 Å². The topological polar surface area (TPSA) is 96.6 Å². The van der Waals surface area contributed by atoms with Crippen LogP contribution < -0.4 is 5.73 Å². The summed E-state index contributed by atoms with van der Waals surface area (Å²) >= 11 is 0. The van der Waals surface area contributed by atoms with Crippen molar-refractivity contribution in [3.05, 3.63) is 5.53 Å². The zero-order chi connectivity index (χ0) is 8.15. The van der Waals surface area contributed by atoms with Crippen LogP contribution in [0.3, 0.4) is 0 Å². The molecule has 0 aliphatic carbocycles. The molecule has 54 valence electrons. The number of nitrogens with two attached hydrogens (primary N) is 1. The Labute approximate surface area is 57.4 Å². The number of rotatable bonds is 3. The van der Waals surface area contributed by atoms with Crippen molar-refractivity contribution in [2.75, 3.05) is 0 Å². The summed E-state index contributed by atoms with van der Waals surface area (Å²) in [5.41, 5.74) is 12.9. The Morgan fingerprint density at radius 3 is 2.50 bits per heavy atom. The van der Waals surface area contributed by atoms with E-state index in [4.69, 9.17) is 11.3 Å². The lowest BCUT2D eigenvalue weighted by Gasteiger charge is -1.94. The minimum absolute atomic E-state index is 0.520. The molecule has 0 aliphatic rings. The lowest BCUT2D eigenvalue weighted by molar-refractivity contribution is -0.134. The summed E-state index contributed by atoms with van der Waals surface area (Å²) < 4.78 is 0. The molecule has 10 heavy (non-hydrogen) atoms. The van der Waals surface area contributed by atoms with Gasteiger partial charge in [0.2, 0.25) is 5.78 Å². The number of hydrogen-bond donors (Lipinski definition) is 1. The molecule has 0 amide bonds. The van der Waals surface area contributed by atoms with Crippen LogP contribution in [0.15, 0.2) is 0 Å². The first-order valence-electron chi connectivity index (χ1n) is 2.60. The Hall–Kier alpha value is -1.32. The Bertz CT molecular complexity index is 203. The second kappa shape index (κ2) is 3.66. The second-order valence-electron chi connectivity index (χ2n) is 1.76. The van der Waals surface area contributed by atoms with Gasteiger partial charge in [-0.15, -0.1) is 0 Å². The van der Waals surface area contributed by atoms with Crippen LogP contribution in [0.2, 0.25) is 0 Å². The van der Waals surface area contributed by atoms with Crippen LogP contribution in [0.4, 0.5) is 0 Å². The highest BCUT2D eigenvalue weighted by Crippen LogP contribution is 1.78. The molecular weight excluding hydrogens is 134 g/mol. The third-order valence-electron chi connectivity index (χ3n) is 0.831. The Kier molecular flexibility index (Phi) is 3.17. The van der Waals surface area contributed by atoms with Crippen molar-refractivity contribution in [1.82, 2.24) is 0 Å². The quantitative estimate of drug-likeness (QED) is 0.230. The first-order valence-corrected chi connectivity index (χ1v) is 2.60. The van der Waals surface area contributed by atoms with Gasteiger partial charge in [0.15, 0.2) is 0 Å². The van der Waals surface area contributed by atoms with Gasteiger partial charge < -0.3 is 11.3 Å². The number of carbonyl (C=O) groups is 2. The zero-order valence-electron chi connectivity index (χ0n) is 5.44. The van der Waals surface area contributed by atoms with Crippen molar-refractivity contribution >= 4 is 17.8 Å². The summed E-state index contributed by atoms with van der Waals surface area (Å²) in [5.74, 6) is -1.66. The van der Waals surface area contributed by atoms with Gasteiger partial charge in [0, 0.05) is 0 Å². The summed E-state index contributed by atoms with van der Waals surface area (Å²) in [6, 6.07) is -0.842. The van der Waals surface area contributed by atoms with Crippen molar-refractivity contribution in [2.24, 2.45) is 5.73 Å². The average molecular weight is 141 g/mol. The van der Waals surface area contributed by atoms with E-state index in [-0.39, 0.29) is 0 Å². The number of nitrogens with zero attached hydrogens (tertiary/aromatic N) is 2. The van der Waals surface area contributed by atoms with Crippen LogP contribution in [0.1, 0.15) is 6.92 Å². The van der Waals surface area contributed by atoms with Gasteiger partial charge in [0.25, 0.3) is 0 Å². The Morgan fingerprint density at radius 2 is 2.20 bits per heavy atom. The highest BCUT2D eigenvalue weighted by atomic mass is 16.2. The van der Waals surface area contributed by atoms with E-state index < -0.39 is 17.6 Å². The third-order valence-corrected chi connectivity index (χ3v) is 0.831. The molecule has 0 spiro atoms. The van der Waals surface area contributed by atoms with Crippen molar-refractivity contribution in [3.8, 4) is 0 Å². The average Bonchev–Trinajstić information content (AvgIpc) is 1.87. The molecule has 5 nitrogen and oxygen atoms in total. The minimum Gasteiger partial charge on any atom is -0.361 e. The molecule has 0 radical (unpaired) electrons. The molecule has 0 aliphatic heterocycles. The highest BCUT2D eigenvalue weighted by molar-refractivity contribution is 6.58. The summed E-state index contributed by atoms with van der Waals surface area (Å²) in [5, 5.41) is 0. The van der Waals surface area contributed by atoms with Crippen molar-refractivity contribution in [3.63, 3.8) is 0 Å². The first kappa shape index (κ1) is 8.68. The van der Waals surface area contributed by atoms with Gasteiger partial charge in [-0.2, -0.15) is 4.79 Å². The molecule has 0 aromatic rings. The third kappa shape index (κ3) is 2.30. The lowest BCUT2D eigenvalue weighted by atomic mass is 10.2. The van der Waals surface area contributed by atoms with Gasteiger partial charge in [0.05, 0.1) is 6.04 Å². The molecule has 0 saturated heterocycles. The van der Waals surface area contributed by atoms with Crippen LogP contribution in [0, 0.1) is 0 Å². The zero-order valence-corrected chi connectivity index (χ0v) is 5.44. The summed E-state index contributed by atoms with van der Waals surface area (Å²) in [6.07, 6.45) is 0.520. The molecule has 0 aromatic heterocycles. The Morgan fingerprint density at radius 1 is 1.70 bits per heavy atom. The van der Waals surface area contributed by atoms with E-state index in [1.807, 2.05) is 0 Å². The minimum atomic E-state index is -0.891. The summed E-state index contributed by atoms with van der Waals surface area (Å²) in [4.78, 5) is 23.4. The molecule has 0 heterocycles. The van der Waals surface area contributed by atoms with E-state index in [9.17, 15) is 9.59 Å². The standard InChI is InChI=1S/C5H7N3O2/c1-3(6)5(10)4(9)2-8-7/h2-3H,6H2,1H3/t3-/m0/s1. The maximum Gasteiger partial charge on any atom is 0.331 e. The molecule has 0 aromatic carbocycles. The molecule has 0 fully saturated rings. The molecular formula is C5H7N3O2. The summed E-state index contributed by atoms with van der Waals surface area (Å²) in [6.45, 7) is 1.38. The molecule has 0 saturated carbocycles. The number of Topliss-reactive ketones (excluding diaryl/α,β-unsaturated/α-hetero) is 2. The maximum absolute atomic E-state index is 10.6. The SMILES string of the molecule is C[C@H](N)C(=O)C(=O)C=[N+]=[N-]. The molecule has 0 unspecified atom stereocenters. The number of hydrogen-bond acceptors (Lipinski definition) is 3. The van der Waals surface area contributed by atoms with Gasteiger partial charge in [0.1, 0.15) is 0 Å². The number of carbonyl (C=O) groups excluding carboxylic acids is 2. The van der Waals surface area contributed by atoms with Gasteiger partial charge >= 0.3 is 12.0 Å². The van der Waals surface area contributed by atoms with E-state index in [2.05, 4.69) is 4.79 Å². The van der Waals surface area contributed by atoms with Crippen LogP contribution in [0.5, 0.6) is 0 Å². The molecule has 0 rings (SSSR count). The lowest BCUT2D eigenvalue weighted by Crippen LogP contribution is -2.33. The largest absolute Gasteiger partial charge is 0.361 e. The van der Waals surface area contributed by atoms with Crippen LogP contribution in [-0.4, -0.2) is 28.6 Å². The van der Waals surface area contributed by atoms with Crippen molar-refractivity contribution in [2.45, 2.75) is 13.0 Å². The predicted octanol–water partition coefficient (Wildman–Crippen LogP) is -1.23. The van der Waals surface area contributed by atoms with Crippen molar-refractivity contribution < 1.29 is 14.4 Å². The van der Waals surface area contributed by atoms with E-state index in [1.54, 1.807) is 0 Å². The fraction of sp³-hybridized carbons (Fsp3) is 0.400. The predicted molar refractivity (Wildman–Crippen MR) is 33.3 cm³/mol. The van der Waals surface area contributed by atoms with Gasteiger partial charge in [-0.25, -0.2) is 0 Å². The molecule has 0 bridgehead atoms. The van der Waals surface area contributed by atoms with Crippen molar-refractivity contribution in [1.29, 1.82) is 0 Å². The fourth-order valence-corrected chi connectivity index (χ4v) is 0.340. The van der Waals surface area contributed by atoms with E-state index in [0.29, 0.717) is 6.21 Å². The highest BCUT2D eigenvalue weighted by Gasteiger charge is 2.18. The van der Waals surface area contributed by atoms with Gasteiger partial charge in [-0.05, 0) is 6.92 Å². The van der Waals surface area contributed by atoms with Gasteiger partial charge in [-0.3, -0.25) is 9.59 Å². The van der Waals surface area contributed by atoms with E-state index in [0.717, 1.165) is 0 Å². The molecule has 2 N–H and O–H groups in total. The molecule has 5 heteroatoms. The second-order valence-corrected chi connectivity index (χ2v) is 1.76. The van der Waals surface area contributed by atoms with E-state index >= 15 is 0 Å². The maximum atomic E-state index is 10.6. The monoisotopic (exact) mass is 141 g/mol.